The number of ether oxygens (including phenoxy) is 2. The van der Waals surface area contributed by atoms with E-state index >= 15 is 0 Å². The summed E-state index contributed by atoms with van der Waals surface area (Å²) in [6.45, 7) is 10.7. The molecule has 1 aromatic heterocycles. The summed E-state index contributed by atoms with van der Waals surface area (Å²) in [4.78, 5) is 19.8. The number of rotatable bonds is 11. The molecule has 2 fully saturated rings. The van der Waals surface area contributed by atoms with E-state index in [9.17, 15) is 4.79 Å². The molecule has 1 N–H and O–H groups in total. The van der Waals surface area contributed by atoms with Gasteiger partial charge in [0.1, 0.15) is 0 Å². The lowest BCUT2D eigenvalue weighted by Crippen LogP contribution is -2.51. The van der Waals surface area contributed by atoms with Gasteiger partial charge in [0.25, 0.3) is 0 Å². The topological polar surface area (TPSA) is 60.5 Å². The van der Waals surface area contributed by atoms with E-state index < -0.39 is 0 Å². The Bertz CT molecular complexity index is 999. The highest BCUT2D eigenvalue weighted by Gasteiger charge is 2.44. The SMILES string of the molecule is CCc1cc2c(s1)CCO[C@@]21CCN(CC2=CN(CCCCC3CC(=O)N(CCOC)C3)NN2C)[C@@H](C)C1. The van der Waals surface area contributed by atoms with Crippen molar-refractivity contribution in [2.24, 2.45) is 5.92 Å². The fraction of sp³-hybridized carbons (Fsp3) is 0.759. The van der Waals surface area contributed by atoms with Gasteiger partial charge in [0, 0.05) is 81.7 Å². The molecule has 3 atom stereocenters. The van der Waals surface area contributed by atoms with Crippen LogP contribution in [0.5, 0.6) is 0 Å². The van der Waals surface area contributed by atoms with E-state index in [1.54, 1.807) is 12.0 Å². The van der Waals surface area contributed by atoms with Crippen molar-refractivity contribution in [3.8, 4) is 0 Å². The minimum absolute atomic E-state index is 0.0849. The van der Waals surface area contributed by atoms with Crippen LogP contribution in [0.15, 0.2) is 18.0 Å². The van der Waals surface area contributed by atoms with Gasteiger partial charge in [-0.05, 0) is 56.6 Å². The molecule has 8 nitrogen and oxygen atoms in total. The first kappa shape index (κ1) is 27.9. The molecule has 9 heteroatoms. The number of aryl methyl sites for hydroxylation is 1. The highest BCUT2D eigenvalue weighted by atomic mass is 32.1. The van der Waals surface area contributed by atoms with Crippen LogP contribution in [0.25, 0.3) is 0 Å². The number of amides is 1. The first-order valence-electron chi connectivity index (χ1n) is 14.6. The van der Waals surface area contributed by atoms with Crippen LogP contribution in [0.4, 0.5) is 0 Å². The van der Waals surface area contributed by atoms with Gasteiger partial charge in [-0.15, -0.1) is 16.9 Å². The predicted molar refractivity (Wildman–Crippen MR) is 151 cm³/mol. The van der Waals surface area contributed by atoms with Crippen molar-refractivity contribution < 1.29 is 14.3 Å². The van der Waals surface area contributed by atoms with Gasteiger partial charge in [0.15, 0.2) is 0 Å². The van der Waals surface area contributed by atoms with Gasteiger partial charge in [-0.3, -0.25) is 19.7 Å². The van der Waals surface area contributed by atoms with Gasteiger partial charge in [0.05, 0.1) is 24.5 Å². The number of methoxy groups -OCH3 is 1. The number of fused-ring (bicyclic) bond motifs is 2. The average molecular weight is 546 g/mol. The van der Waals surface area contributed by atoms with Gasteiger partial charge in [-0.2, -0.15) is 0 Å². The number of likely N-dealkylation sites (N-methyl/N-ethyl adjacent to an activating group) is 1. The first-order valence-corrected chi connectivity index (χ1v) is 15.5. The number of hydrogen-bond donors (Lipinski definition) is 1. The fourth-order valence-corrected chi connectivity index (χ4v) is 7.89. The number of nitrogens with one attached hydrogen (secondary N) is 1. The maximum absolute atomic E-state index is 12.2. The van der Waals surface area contributed by atoms with E-state index in [2.05, 4.69) is 53.6 Å². The van der Waals surface area contributed by atoms with Crippen molar-refractivity contribution in [2.75, 3.05) is 60.1 Å². The Kier molecular flexibility index (Phi) is 8.99. The monoisotopic (exact) mass is 545 g/mol. The number of carbonyl (C=O) groups excluding carboxylic acids is 1. The van der Waals surface area contributed by atoms with Crippen LogP contribution in [0.2, 0.25) is 0 Å². The summed E-state index contributed by atoms with van der Waals surface area (Å²) in [5, 5.41) is 4.40. The molecular weight excluding hydrogens is 498 g/mol. The zero-order valence-corrected chi connectivity index (χ0v) is 24.7. The summed E-state index contributed by atoms with van der Waals surface area (Å²) in [7, 11) is 3.81. The lowest BCUT2D eigenvalue weighted by atomic mass is 9.79. The van der Waals surface area contributed by atoms with Crippen LogP contribution >= 0.6 is 11.3 Å². The second kappa shape index (κ2) is 12.3. The molecule has 0 radical (unpaired) electrons. The zero-order chi connectivity index (χ0) is 26.7. The van der Waals surface area contributed by atoms with Gasteiger partial charge < -0.3 is 14.4 Å². The summed E-state index contributed by atoms with van der Waals surface area (Å²) >= 11 is 2.00. The standard InChI is InChI=1S/C29H47N5O3S/c1-5-25-17-26-27(38-25)9-14-37-29(26)10-12-32(22(2)18-29)20-24-21-34(30-31(24)3)11-7-6-8-23-16-28(35)33(19-23)13-15-36-4/h17,21-23,30H,5-16,18-20H2,1-4H3/t22-,23?,29+/m0/s1. The number of unbranched alkanes of at least 4 members (excludes halogenated alkanes) is 1. The largest absolute Gasteiger partial charge is 0.383 e. The molecule has 5 rings (SSSR count). The molecule has 5 heterocycles. The third-order valence-corrected chi connectivity index (χ3v) is 10.3. The van der Waals surface area contributed by atoms with Crippen molar-refractivity contribution >= 4 is 17.2 Å². The van der Waals surface area contributed by atoms with Crippen molar-refractivity contribution in [1.82, 2.24) is 25.4 Å². The van der Waals surface area contributed by atoms with E-state index in [0.717, 1.165) is 84.3 Å². The van der Waals surface area contributed by atoms with Crippen LogP contribution in [-0.2, 0) is 32.7 Å². The summed E-state index contributed by atoms with van der Waals surface area (Å²) < 4.78 is 11.7. The lowest BCUT2D eigenvalue weighted by Gasteiger charge is -2.47. The quantitative estimate of drug-likeness (QED) is 0.425. The highest BCUT2D eigenvalue weighted by Crippen LogP contribution is 2.46. The molecule has 4 aliphatic heterocycles. The van der Waals surface area contributed by atoms with Crippen molar-refractivity contribution in [3.63, 3.8) is 0 Å². The number of thiophene rings is 1. The Morgan fingerprint density at radius 3 is 2.95 bits per heavy atom. The average Bonchev–Trinajstić information content (AvgIpc) is 3.59. The third kappa shape index (κ3) is 6.07. The van der Waals surface area contributed by atoms with Gasteiger partial charge in [-0.25, -0.2) is 0 Å². The Labute approximate surface area is 232 Å². The molecule has 1 unspecified atom stereocenters. The fourth-order valence-electron chi connectivity index (χ4n) is 6.71. The van der Waals surface area contributed by atoms with Crippen LogP contribution in [0.1, 0.15) is 67.7 Å². The van der Waals surface area contributed by atoms with Crippen molar-refractivity contribution in [1.29, 1.82) is 0 Å². The second-order valence-corrected chi connectivity index (χ2v) is 12.9. The Balaban J connectivity index is 1.07. The molecule has 0 aromatic carbocycles. The molecule has 0 aliphatic carbocycles. The Morgan fingerprint density at radius 1 is 1.29 bits per heavy atom. The van der Waals surface area contributed by atoms with E-state index in [4.69, 9.17) is 9.47 Å². The van der Waals surface area contributed by atoms with Gasteiger partial charge >= 0.3 is 0 Å². The Hall–Kier alpha value is -1.65. The van der Waals surface area contributed by atoms with E-state index in [1.807, 2.05) is 16.2 Å². The smallest absolute Gasteiger partial charge is 0.223 e. The summed E-state index contributed by atoms with van der Waals surface area (Å²) in [6, 6.07) is 2.92. The summed E-state index contributed by atoms with van der Waals surface area (Å²) in [5.41, 5.74) is 6.23. The van der Waals surface area contributed by atoms with Crippen LogP contribution in [-0.4, -0.2) is 91.9 Å². The molecular formula is C29H47N5O3S. The molecule has 38 heavy (non-hydrogen) atoms. The maximum atomic E-state index is 12.2. The lowest BCUT2D eigenvalue weighted by molar-refractivity contribution is -0.128. The summed E-state index contributed by atoms with van der Waals surface area (Å²) in [6.07, 6.45) is 10.7. The Morgan fingerprint density at radius 2 is 2.16 bits per heavy atom. The third-order valence-electron chi connectivity index (χ3n) is 8.96. The number of hydrazine groups is 2. The predicted octanol–water partition coefficient (Wildman–Crippen LogP) is 3.74. The van der Waals surface area contributed by atoms with Gasteiger partial charge in [-0.1, -0.05) is 13.3 Å². The van der Waals surface area contributed by atoms with Crippen molar-refractivity contribution in [2.45, 2.75) is 76.9 Å². The maximum Gasteiger partial charge on any atom is 0.223 e. The number of carbonyl (C=O) groups is 1. The molecule has 0 bridgehead atoms. The van der Waals surface area contributed by atoms with Gasteiger partial charge in [0.2, 0.25) is 5.91 Å². The number of piperidine rings is 1. The first-order chi connectivity index (χ1) is 18.4. The van der Waals surface area contributed by atoms with Crippen LogP contribution in [0.3, 0.4) is 0 Å². The second-order valence-electron chi connectivity index (χ2n) is 11.6. The summed E-state index contributed by atoms with van der Waals surface area (Å²) in [5.74, 6) is 0.784. The molecule has 2 saturated heterocycles. The van der Waals surface area contributed by atoms with Crippen LogP contribution in [0, 0.1) is 5.92 Å². The molecule has 0 saturated carbocycles. The minimum Gasteiger partial charge on any atom is -0.383 e. The van der Waals surface area contributed by atoms with E-state index in [-0.39, 0.29) is 11.5 Å². The molecule has 212 valence electrons. The van der Waals surface area contributed by atoms with E-state index in [0.29, 0.717) is 25.0 Å². The van der Waals surface area contributed by atoms with Crippen LogP contribution < -0.4 is 5.53 Å². The minimum atomic E-state index is -0.0849. The van der Waals surface area contributed by atoms with Crippen molar-refractivity contribution in [3.05, 3.63) is 33.3 Å². The molecule has 1 amide bonds. The molecule has 1 spiro atoms. The normalized spacial score (nSPS) is 28.1. The zero-order valence-electron chi connectivity index (χ0n) is 23.8. The molecule has 1 aromatic rings. The number of hydrogen-bond acceptors (Lipinski definition) is 8. The van der Waals surface area contributed by atoms with E-state index in [1.165, 1.54) is 16.1 Å². The highest BCUT2D eigenvalue weighted by molar-refractivity contribution is 7.12. The number of likely N-dealkylation sites (tertiary alicyclic amines) is 2. The molecule has 4 aliphatic rings. The number of nitrogens with zero attached hydrogens (tertiary/aromatic N) is 4.